The molecule has 0 aromatic rings. The maximum absolute atomic E-state index is 10.9. The molecule has 1 aliphatic rings. The molecule has 1 heterocycles. The van der Waals surface area contributed by atoms with E-state index in [9.17, 15) is 9.59 Å². The number of carboxylic acids is 1. The average Bonchev–Trinajstić information content (AvgIpc) is 1.95. The van der Waals surface area contributed by atoms with Gasteiger partial charge in [0.2, 0.25) is 5.91 Å². The number of β-lactam (4-membered cyclic amide) rings is 1. The standard InChI is InChI=1S/C7H12N2O3/c1-9(2)3-4-5(7(11)12)8-6(4)10/h4-5H,3H2,1-2H3,(H,8,10)(H,11,12). The van der Waals surface area contributed by atoms with Gasteiger partial charge in [-0.2, -0.15) is 0 Å². The van der Waals surface area contributed by atoms with Crippen LogP contribution in [-0.4, -0.2) is 48.6 Å². The monoisotopic (exact) mass is 172 g/mol. The van der Waals surface area contributed by atoms with Gasteiger partial charge in [-0.15, -0.1) is 0 Å². The lowest BCUT2D eigenvalue weighted by Gasteiger charge is -2.35. The van der Waals surface area contributed by atoms with E-state index in [2.05, 4.69) is 5.32 Å². The first-order valence-electron chi connectivity index (χ1n) is 3.70. The highest BCUT2D eigenvalue weighted by atomic mass is 16.4. The molecule has 0 aromatic heterocycles. The van der Waals surface area contributed by atoms with Crippen LogP contribution >= 0.6 is 0 Å². The molecule has 1 rings (SSSR count). The Morgan fingerprint density at radius 3 is 2.58 bits per heavy atom. The highest BCUT2D eigenvalue weighted by molar-refractivity contribution is 5.96. The first kappa shape index (κ1) is 8.99. The lowest BCUT2D eigenvalue weighted by Crippen LogP contribution is -2.64. The van der Waals surface area contributed by atoms with Crippen molar-refractivity contribution >= 4 is 11.9 Å². The van der Waals surface area contributed by atoms with Crippen LogP contribution in [0.2, 0.25) is 0 Å². The Labute approximate surface area is 70.4 Å². The van der Waals surface area contributed by atoms with E-state index in [0.717, 1.165) is 0 Å². The van der Waals surface area contributed by atoms with E-state index >= 15 is 0 Å². The number of amides is 1. The molecular weight excluding hydrogens is 160 g/mol. The van der Waals surface area contributed by atoms with Crippen LogP contribution in [0.1, 0.15) is 0 Å². The summed E-state index contributed by atoms with van der Waals surface area (Å²) >= 11 is 0. The minimum atomic E-state index is -0.957. The van der Waals surface area contributed by atoms with Gasteiger partial charge in [0.1, 0.15) is 6.04 Å². The predicted molar refractivity (Wildman–Crippen MR) is 41.6 cm³/mol. The maximum Gasteiger partial charge on any atom is 0.327 e. The first-order valence-corrected chi connectivity index (χ1v) is 3.70. The Bertz CT molecular complexity index is 215. The quantitative estimate of drug-likeness (QED) is 0.522. The van der Waals surface area contributed by atoms with Gasteiger partial charge in [0.05, 0.1) is 5.92 Å². The van der Waals surface area contributed by atoms with Gasteiger partial charge in [-0.25, -0.2) is 4.79 Å². The van der Waals surface area contributed by atoms with Gasteiger partial charge >= 0.3 is 5.97 Å². The molecule has 0 radical (unpaired) electrons. The summed E-state index contributed by atoms with van der Waals surface area (Å²) in [4.78, 5) is 23.2. The average molecular weight is 172 g/mol. The van der Waals surface area contributed by atoms with Crippen molar-refractivity contribution in [3.05, 3.63) is 0 Å². The molecule has 0 spiro atoms. The molecule has 5 nitrogen and oxygen atoms in total. The first-order chi connectivity index (χ1) is 5.52. The van der Waals surface area contributed by atoms with E-state index in [0.29, 0.717) is 6.54 Å². The summed E-state index contributed by atoms with van der Waals surface area (Å²) in [5, 5.41) is 10.9. The van der Waals surface area contributed by atoms with Crippen LogP contribution in [0.4, 0.5) is 0 Å². The van der Waals surface area contributed by atoms with Crippen LogP contribution in [-0.2, 0) is 9.59 Å². The topological polar surface area (TPSA) is 69.6 Å². The van der Waals surface area contributed by atoms with Crippen molar-refractivity contribution in [1.29, 1.82) is 0 Å². The third-order valence-electron chi connectivity index (χ3n) is 1.86. The number of hydrogen-bond donors (Lipinski definition) is 2. The zero-order chi connectivity index (χ0) is 9.30. The molecule has 2 N–H and O–H groups in total. The number of nitrogens with zero attached hydrogens (tertiary/aromatic N) is 1. The lowest BCUT2D eigenvalue weighted by molar-refractivity contribution is -0.153. The summed E-state index contributed by atoms with van der Waals surface area (Å²) in [6.07, 6.45) is 0. The highest BCUT2D eigenvalue weighted by Crippen LogP contribution is 2.15. The number of carboxylic acid groups (broad SMARTS) is 1. The van der Waals surface area contributed by atoms with Gasteiger partial charge in [-0.3, -0.25) is 4.79 Å². The van der Waals surface area contributed by atoms with Gasteiger partial charge in [0.25, 0.3) is 0 Å². The van der Waals surface area contributed by atoms with Crippen molar-refractivity contribution in [1.82, 2.24) is 10.2 Å². The SMILES string of the molecule is CN(C)CC1C(=O)NC1C(=O)O. The molecule has 1 fully saturated rings. The van der Waals surface area contributed by atoms with Crippen molar-refractivity contribution in [3.8, 4) is 0 Å². The summed E-state index contributed by atoms with van der Waals surface area (Å²) in [5.41, 5.74) is 0. The molecule has 0 aromatic carbocycles. The van der Waals surface area contributed by atoms with Gasteiger partial charge in [-0.05, 0) is 14.1 Å². The molecule has 1 aliphatic heterocycles. The Balaban J connectivity index is 2.50. The second-order valence-electron chi connectivity index (χ2n) is 3.19. The normalized spacial score (nSPS) is 28.1. The second-order valence-corrected chi connectivity index (χ2v) is 3.19. The van der Waals surface area contributed by atoms with Crippen LogP contribution in [0.15, 0.2) is 0 Å². The van der Waals surface area contributed by atoms with Crippen LogP contribution in [0.5, 0.6) is 0 Å². The molecule has 0 saturated carbocycles. The molecule has 0 aliphatic carbocycles. The molecule has 2 unspecified atom stereocenters. The molecule has 5 heteroatoms. The Hall–Kier alpha value is -1.10. The third-order valence-corrected chi connectivity index (χ3v) is 1.86. The number of aliphatic carboxylic acids is 1. The summed E-state index contributed by atoms with van der Waals surface area (Å²) in [5.74, 6) is -1.52. The van der Waals surface area contributed by atoms with Crippen LogP contribution < -0.4 is 5.32 Å². The molecular formula is C7H12N2O3. The lowest BCUT2D eigenvalue weighted by atomic mass is 9.90. The Morgan fingerprint density at radius 2 is 2.25 bits per heavy atom. The molecule has 12 heavy (non-hydrogen) atoms. The fourth-order valence-electron chi connectivity index (χ4n) is 1.23. The number of nitrogens with one attached hydrogen (secondary N) is 1. The molecule has 68 valence electrons. The molecule has 2 atom stereocenters. The smallest absolute Gasteiger partial charge is 0.327 e. The minimum Gasteiger partial charge on any atom is -0.480 e. The van der Waals surface area contributed by atoms with Crippen molar-refractivity contribution < 1.29 is 14.7 Å². The van der Waals surface area contributed by atoms with Crippen LogP contribution in [0.3, 0.4) is 0 Å². The summed E-state index contributed by atoms with van der Waals surface area (Å²) in [6, 6.07) is -0.695. The second kappa shape index (κ2) is 3.10. The van der Waals surface area contributed by atoms with Gasteiger partial charge in [0.15, 0.2) is 0 Å². The third kappa shape index (κ3) is 1.55. The number of hydrogen-bond acceptors (Lipinski definition) is 3. The Morgan fingerprint density at radius 1 is 1.67 bits per heavy atom. The van der Waals surface area contributed by atoms with E-state index in [4.69, 9.17) is 5.11 Å². The number of rotatable bonds is 3. The molecule has 1 amide bonds. The number of carbonyl (C=O) groups excluding carboxylic acids is 1. The number of carbonyl (C=O) groups is 2. The molecule has 1 saturated heterocycles. The largest absolute Gasteiger partial charge is 0.480 e. The van der Waals surface area contributed by atoms with Crippen molar-refractivity contribution in [3.63, 3.8) is 0 Å². The van der Waals surface area contributed by atoms with Gasteiger partial charge in [0, 0.05) is 6.54 Å². The Kier molecular flexibility index (Phi) is 2.32. The van der Waals surface area contributed by atoms with Gasteiger partial charge < -0.3 is 15.3 Å². The highest BCUT2D eigenvalue weighted by Gasteiger charge is 2.44. The van der Waals surface area contributed by atoms with E-state index in [-0.39, 0.29) is 5.91 Å². The van der Waals surface area contributed by atoms with Gasteiger partial charge in [-0.1, -0.05) is 0 Å². The fraction of sp³-hybridized carbons (Fsp3) is 0.714. The van der Waals surface area contributed by atoms with Crippen molar-refractivity contribution in [2.24, 2.45) is 5.92 Å². The summed E-state index contributed by atoms with van der Waals surface area (Å²) < 4.78 is 0. The predicted octanol–water partition coefficient (Wildman–Crippen LogP) is -1.25. The van der Waals surface area contributed by atoms with E-state index in [1.807, 2.05) is 14.1 Å². The van der Waals surface area contributed by atoms with E-state index in [1.165, 1.54) is 0 Å². The summed E-state index contributed by atoms with van der Waals surface area (Å²) in [7, 11) is 3.62. The molecule has 0 bridgehead atoms. The zero-order valence-corrected chi connectivity index (χ0v) is 7.07. The maximum atomic E-state index is 10.9. The summed E-state index contributed by atoms with van der Waals surface area (Å²) in [6.45, 7) is 0.489. The van der Waals surface area contributed by atoms with Crippen LogP contribution in [0.25, 0.3) is 0 Å². The fourth-order valence-corrected chi connectivity index (χ4v) is 1.23. The minimum absolute atomic E-state index is 0.170. The van der Waals surface area contributed by atoms with Crippen molar-refractivity contribution in [2.45, 2.75) is 6.04 Å². The zero-order valence-electron chi connectivity index (χ0n) is 7.07. The van der Waals surface area contributed by atoms with Crippen molar-refractivity contribution in [2.75, 3.05) is 20.6 Å². The van der Waals surface area contributed by atoms with E-state index in [1.54, 1.807) is 4.90 Å². The van der Waals surface area contributed by atoms with Crippen LogP contribution in [0, 0.1) is 5.92 Å². The van der Waals surface area contributed by atoms with E-state index < -0.39 is 17.9 Å².